The van der Waals surface area contributed by atoms with Gasteiger partial charge in [0.2, 0.25) is 23.5 Å². The largest absolute Gasteiger partial charge is 0.369 e. The van der Waals surface area contributed by atoms with E-state index < -0.39 is 0 Å². The van der Waals surface area contributed by atoms with Crippen LogP contribution in [0.2, 0.25) is 0 Å². The first-order valence-corrected chi connectivity index (χ1v) is 19.7. The Balaban J connectivity index is 0.739. The summed E-state index contributed by atoms with van der Waals surface area (Å²) >= 11 is 0. The number of rotatable bonds is 10. The molecule has 7 heterocycles. The number of hydrogen-bond acceptors (Lipinski definition) is 12. The highest BCUT2D eigenvalue weighted by atomic mass is 16.5. The molecular formula is C40H46N12O4. The van der Waals surface area contributed by atoms with Gasteiger partial charge in [0.25, 0.3) is 0 Å². The molecule has 56 heavy (non-hydrogen) atoms. The zero-order valence-electron chi connectivity index (χ0n) is 31.5. The summed E-state index contributed by atoms with van der Waals surface area (Å²) in [6, 6.07) is 9.76. The van der Waals surface area contributed by atoms with E-state index in [9.17, 15) is 14.4 Å². The topological polar surface area (TPSA) is 179 Å². The summed E-state index contributed by atoms with van der Waals surface area (Å²) in [5, 5.41) is 17.1. The summed E-state index contributed by atoms with van der Waals surface area (Å²) in [5.74, 6) is 0.972. The third kappa shape index (κ3) is 7.45. The zero-order valence-corrected chi connectivity index (χ0v) is 31.5. The monoisotopic (exact) mass is 758 g/mol. The maximum Gasteiger partial charge on any atom is 0.323 e. The van der Waals surface area contributed by atoms with Crippen LogP contribution < -0.4 is 20.9 Å². The molecule has 9 rings (SSSR count). The van der Waals surface area contributed by atoms with Gasteiger partial charge in [0, 0.05) is 69.8 Å². The second kappa shape index (κ2) is 15.4. The number of urea groups is 1. The fraction of sp³-hybridized carbons (Fsp3) is 0.450. The molecule has 16 nitrogen and oxygen atoms in total. The minimum absolute atomic E-state index is 0.175. The predicted octanol–water partition coefficient (Wildman–Crippen LogP) is 4.66. The maximum absolute atomic E-state index is 13.1. The van der Waals surface area contributed by atoms with Crippen molar-refractivity contribution in [1.29, 1.82) is 0 Å². The Morgan fingerprint density at radius 2 is 1.80 bits per heavy atom. The fourth-order valence-corrected chi connectivity index (χ4v) is 8.73. The molecule has 0 spiro atoms. The van der Waals surface area contributed by atoms with Gasteiger partial charge in [-0.05, 0) is 74.0 Å². The van der Waals surface area contributed by atoms with Crippen molar-refractivity contribution in [2.75, 3.05) is 48.3 Å². The van der Waals surface area contributed by atoms with Gasteiger partial charge in [-0.25, -0.2) is 14.3 Å². The van der Waals surface area contributed by atoms with Gasteiger partial charge in [-0.3, -0.25) is 29.7 Å². The van der Waals surface area contributed by atoms with Crippen molar-refractivity contribution in [3.63, 3.8) is 0 Å². The van der Waals surface area contributed by atoms with Crippen molar-refractivity contribution < 1.29 is 18.9 Å². The second-order valence-electron chi connectivity index (χ2n) is 15.4. The number of fused-ring (bicyclic) bond motifs is 2. The van der Waals surface area contributed by atoms with Crippen LogP contribution in [0.15, 0.2) is 53.4 Å². The average molecular weight is 759 g/mol. The van der Waals surface area contributed by atoms with Gasteiger partial charge in [0.05, 0.1) is 41.7 Å². The van der Waals surface area contributed by atoms with E-state index in [1.165, 1.54) is 16.8 Å². The number of piperidine rings is 1. The van der Waals surface area contributed by atoms with Crippen LogP contribution in [0, 0.1) is 6.92 Å². The van der Waals surface area contributed by atoms with Crippen LogP contribution in [0.4, 0.5) is 21.9 Å². The van der Waals surface area contributed by atoms with Crippen LogP contribution in [0.25, 0.3) is 17.2 Å². The number of hydrogen-bond donors (Lipinski definition) is 3. The van der Waals surface area contributed by atoms with Crippen molar-refractivity contribution >= 4 is 40.6 Å². The van der Waals surface area contributed by atoms with E-state index >= 15 is 0 Å². The quantitative estimate of drug-likeness (QED) is 0.168. The smallest absolute Gasteiger partial charge is 0.323 e. The van der Waals surface area contributed by atoms with Gasteiger partial charge in [-0.2, -0.15) is 10.1 Å². The van der Waals surface area contributed by atoms with Crippen LogP contribution in [0.5, 0.6) is 0 Å². The number of anilines is 3. The number of imide groups is 1. The number of benzene rings is 1. The average Bonchev–Trinajstić information content (AvgIpc) is 4.03. The summed E-state index contributed by atoms with van der Waals surface area (Å²) in [6.07, 6.45) is 12.0. The molecule has 5 aromatic rings. The summed E-state index contributed by atoms with van der Waals surface area (Å²) in [7, 11) is 0. The first kappa shape index (κ1) is 35.9. The number of piperazine rings is 1. The van der Waals surface area contributed by atoms with Crippen LogP contribution in [0.3, 0.4) is 0 Å². The third-order valence-electron chi connectivity index (χ3n) is 11.6. The molecule has 4 aliphatic rings. The van der Waals surface area contributed by atoms with Crippen molar-refractivity contribution in [3.8, 4) is 11.5 Å². The van der Waals surface area contributed by atoms with Crippen LogP contribution in [-0.4, -0.2) is 96.1 Å². The van der Waals surface area contributed by atoms with Crippen LogP contribution in [-0.2, 0) is 29.1 Å². The second-order valence-corrected chi connectivity index (χ2v) is 15.4. The van der Waals surface area contributed by atoms with E-state index in [-0.39, 0.29) is 23.9 Å². The minimum Gasteiger partial charge on any atom is -0.369 e. The summed E-state index contributed by atoms with van der Waals surface area (Å²) in [6.45, 7) is 8.13. The molecule has 3 aliphatic heterocycles. The van der Waals surface area contributed by atoms with E-state index in [0.29, 0.717) is 54.0 Å². The third-order valence-corrected chi connectivity index (χ3v) is 11.6. The molecule has 1 atom stereocenters. The molecule has 1 unspecified atom stereocenters. The zero-order chi connectivity index (χ0) is 38.2. The van der Waals surface area contributed by atoms with E-state index in [1.54, 1.807) is 18.6 Å². The normalized spacial score (nSPS) is 19.4. The lowest BCUT2D eigenvalue weighted by atomic mass is 10.0. The number of nitrogens with zero attached hydrogens (tertiary/aromatic N) is 9. The fourth-order valence-electron chi connectivity index (χ4n) is 8.73. The highest BCUT2D eigenvalue weighted by molar-refractivity contribution is 6.01. The van der Waals surface area contributed by atoms with Crippen LogP contribution in [0.1, 0.15) is 79.1 Å². The molecule has 3 fully saturated rings. The number of carbonyl (C=O) groups excluding carboxylic acids is 3. The van der Waals surface area contributed by atoms with Gasteiger partial charge in [-0.15, -0.1) is 0 Å². The highest BCUT2D eigenvalue weighted by Crippen LogP contribution is 2.38. The van der Waals surface area contributed by atoms with E-state index in [4.69, 9.17) is 4.52 Å². The molecule has 16 heteroatoms. The molecule has 1 aliphatic carbocycles. The van der Waals surface area contributed by atoms with Gasteiger partial charge in [0.1, 0.15) is 5.69 Å². The Labute approximate surface area is 324 Å². The van der Waals surface area contributed by atoms with Gasteiger partial charge >= 0.3 is 6.03 Å². The highest BCUT2D eigenvalue weighted by Gasteiger charge is 2.35. The van der Waals surface area contributed by atoms with Crippen molar-refractivity contribution in [2.24, 2.45) is 0 Å². The summed E-state index contributed by atoms with van der Waals surface area (Å²) in [4.78, 5) is 57.9. The molecule has 1 saturated carbocycles. The molecule has 4 amide bonds. The Kier molecular flexibility index (Phi) is 9.89. The number of pyridine rings is 1. The lowest BCUT2D eigenvalue weighted by Gasteiger charge is -2.36. The first-order valence-electron chi connectivity index (χ1n) is 19.7. The number of amides is 4. The minimum atomic E-state index is -0.377. The van der Waals surface area contributed by atoms with Crippen molar-refractivity contribution in [3.05, 3.63) is 77.2 Å². The van der Waals surface area contributed by atoms with Gasteiger partial charge in [0.15, 0.2) is 5.65 Å². The number of aromatic nitrogens is 6. The Hall–Kier alpha value is -5.74. The SMILES string of the molecule is Cc1cc(NC(=O)Nc2cnc3ccnn3c2C2CCCC2)cnc1-c1noc(CCCN2CCN(c3ccc4c(c3)CN(C3CCC(=O)NC3=O)C4)CC2)n1. The lowest BCUT2D eigenvalue weighted by Crippen LogP contribution is -2.50. The van der Waals surface area contributed by atoms with Crippen LogP contribution >= 0.6 is 0 Å². The molecule has 0 radical (unpaired) electrons. The Morgan fingerprint density at radius 3 is 2.62 bits per heavy atom. The lowest BCUT2D eigenvalue weighted by molar-refractivity contribution is -0.137. The van der Waals surface area contributed by atoms with Gasteiger partial charge < -0.3 is 20.1 Å². The number of nitrogens with one attached hydrogen (secondary N) is 3. The molecule has 0 bridgehead atoms. The molecule has 2 saturated heterocycles. The Bertz CT molecular complexity index is 2270. The molecule has 290 valence electrons. The van der Waals surface area contributed by atoms with Crippen molar-refractivity contribution in [1.82, 2.24) is 44.8 Å². The molecule has 1 aromatic carbocycles. The molecule has 4 aromatic heterocycles. The number of aryl methyl sites for hydroxylation is 2. The molecular weight excluding hydrogens is 713 g/mol. The number of carbonyl (C=O) groups is 3. The van der Waals surface area contributed by atoms with E-state index in [0.717, 1.165) is 94.8 Å². The Morgan fingerprint density at radius 1 is 0.964 bits per heavy atom. The maximum atomic E-state index is 13.1. The first-order chi connectivity index (χ1) is 27.3. The van der Waals surface area contributed by atoms with Crippen molar-refractivity contribution in [2.45, 2.75) is 83.3 Å². The predicted molar refractivity (Wildman–Crippen MR) is 208 cm³/mol. The van der Waals surface area contributed by atoms with E-state index in [1.807, 2.05) is 23.6 Å². The van der Waals surface area contributed by atoms with Gasteiger partial charge in [-0.1, -0.05) is 24.1 Å². The molecule has 3 N–H and O–H groups in total. The summed E-state index contributed by atoms with van der Waals surface area (Å²) < 4.78 is 7.45. The van der Waals surface area contributed by atoms with E-state index in [2.05, 4.69) is 74.1 Å². The standard InChI is InChI=1S/C40H46N12O4/c1-25-19-29(44-40(55)45-31-22-41-33-12-13-43-52(33)37(31)26-5-2-3-6-26)21-42-36(25)38-47-35(56-48-38)7-4-14-49-15-17-50(18-16-49)30-9-8-27-23-51(24-28(27)20-30)32-10-11-34(53)46-39(32)54/h8-9,12-13,19-22,26,32H,2-7,10-11,14-18,23-24H2,1H3,(H2,44,45,55)(H,46,53,54). The summed E-state index contributed by atoms with van der Waals surface area (Å²) in [5.41, 5.74) is 8.13.